The van der Waals surface area contributed by atoms with Gasteiger partial charge in [-0.1, -0.05) is 33.8 Å². The highest BCUT2D eigenvalue weighted by molar-refractivity contribution is 5.92. The molecule has 0 aromatic heterocycles. The van der Waals surface area contributed by atoms with Crippen LogP contribution < -0.4 is 5.48 Å². The molecule has 10 nitrogen and oxygen atoms in total. The molecule has 10 heteroatoms. The minimum atomic E-state index is -2.32. The lowest BCUT2D eigenvalue weighted by Crippen LogP contribution is -2.86. The molecule has 1 amide bonds. The van der Waals surface area contributed by atoms with E-state index >= 15 is 0 Å². The second kappa shape index (κ2) is 8.29. The second-order valence-corrected chi connectivity index (χ2v) is 11.1. The number of ketones is 1. The molecule has 0 radical (unpaired) electrons. The summed E-state index contributed by atoms with van der Waals surface area (Å²) in [6.45, 7) is 13.6. The number of Topliss-reactive ketones (excluding diaryl/α,β-unsaturated/α-hetero) is 1. The maximum atomic E-state index is 13.7. The number of rotatable bonds is 3. The molecule has 0 aromatic rings. The van der Waals surface area contributed by atoms with Crippen LogP contribution in [0.1, 0.15) is 67.2 Å². The third kappa shape index (κ3) is 3.49. The molecule has 1 unspecified atom stereocenters. The van der Waals surface area contributed by atoms with Crippen LogP contribution in [0, 0.1) is 16.7 Å². The summed E-state index contributed by atoms with van der Waals surface area (Å²) in [6, 6.07) is 0. The number of hydroxylamine groups is 1. The van der Waals surface area contributed by atoms with E-state index in [1.165, 1.54) is 19.9 Å². The lowest BCUT2D eigenvalue weighted by Gasteiger charge is -2.71. The topological polar surface area (TPSA) is 152 Å². The number of ether oxygens (including phenoxy) is 2. The van der Waals surface area contributed by atoms with Gasteiger partial charge in [-0.25, -0.2) is 9.59 Å². The van der Waals surface area contributed by atoms with Gasteiger partial charge >= 0.3 is 12.1 Å². The summed E-state index contributed by atoms with van der Waals surface area (Å²) in [4.78, 5) is 42.4. The molecular weight excluding hydrogens is 446 g/mol. The number of carbonyl (C=O) groups excluding carboxylic acids is 3. The highest BCUT2D eigenvalue weighted by Gasteiger charge is 2.81. The van der Waals surface area contributed by atoms with Gasteiger partial charge in [-0.15, -0.1) is 12.1 Å². The Hall–Kier alpha value is -2.01. The number of amides is 1. The van der Waals surface area contributed by atoms with E-state index in [0.717, 1.165) is 0 Å². The SMILES string of the molecule is C=C[C@@]1(C)CC(=O)[C@@]2(O)[C@](C)(O1)[C@@H](OC(=O)NOC(=O)CC)[C@@H](O)C1C(C)(C)CC[C@H](O)[C@@]12C. The fourth-order valence-electron chi connectivity index (χ4n) is 6.79. The van der Waals surface area contributed by atoms with Gasteiger partial charge in [0.25, 0.3) is 0 Å². The van der Waals surface area contributed by atoms with Crippen LogP contribution in [0.3, 0.4) is 0 Å². The van der Waals surface area contributed by atoms with E-state index in [2.05, 4.69) is 11.4 Å². The summed E-state index contributed by atoms with van der Waals surface area (Å²) in [5, 5.41) is 35.1. The first-order chi connectivity index (χ1) is 15.5. The lowest BCUT2D eigenvalue weighted by molar-refractivity contribution is -0.369. The third-order valence-corrected chi connectivity index (χ3v) is 8.50. The molecule has 4 N–H and O–H groups in total. The van der Waals surface area contributed by atoms with E-state index < -0.39 is 69.7 Å². The summed E-state index contributed by atoms with van der Waals surface area (Å²) in [5.74, 6) is -2.17. The van der Waals surface area contributed by atoms with Crippen molar-refractivity contribution < 1.29 is 44.0 Å². The van der Waals surface area contributed by atoms with Crippen molar-refractivity contribution >= 4 is 17.8 Å². The van der Waals surface area contributed by atoms with Gasteiger partial charge in [0.05, 0.1) is 17.8 Å². The van der Waals surface area contributed by atoms with E-state index in [9.17, 15) is 29.7 Å². The molecule has 1 aliphatic heterocycles. The number of carbonyl (C=O) groups is 3. The molecule has 0 spiro atoms. The number of fused-ring (bicyclic) bond motifs is 3. The van der Waals surface area contributed by atoms with Crippen molar-refractivity contribution in [2.45, 2.75) is 102 Å². The quantitative estimate of drug-likeness (QED) is 0.346. The molecule has 0 bridgehead atoms. The van der Waals surface area contributed by atoms with Gasteiger partial charge in [-0.05, 0) is 32.1 Å². The van der Waals surface area contributed by atoms with E-state index in [1.54, 1.807) is 13.8 Å². The number of hydrogen-bond donors (Lipinski definition) is 4. The molecule has 3 rings (SSSR count). The molecule has 3 fully saturated rings. The van der Waals surface area contributed by atoms with E-state index in [1.807, 2.05) is 19.3 Å². The van der Waals surface area contributed by atoms with Crippen LogP contribution in [0.4, 0.5) is 4.79 Å². The Balaban J connectivity index is 2.17. The smallest absolute Gasteiger partial charge is 0.438 e. The van der Waals surface area contributed by atoms with Gasteiger partial charge in [-0.2, -0.15) is 0 Å². The van der Waals surface area contributed by atoms with Gasteiger partial charge in [0, 0.05) is 24.2 Å². The Bertz CT molecular complexity index is 890. The Labute approximate surface area is 199 Å². The first-order valence-corrected chi connectivity index (χ1v) is 11.7. The number of aliphatic hydroxyl groups is 3. The van der Waals surface area contributed by atoms with E-state index in [0.29, 0.717) is 12.8 Å². The highest BCUT2D eigenvalue weighted by atomic mass is 16.7. The Morgan fingerprint density at radius 3 is 2.41 bits per heavy atom. The molecule has 192 valence electrons. The predicted octanol–water partition coefficient (Wildman–Crippen LogP) is 1.55. The number of aliphatic hydroxyl groups excluding tert-OH is 2. The number of hydrogen-bond acceptors (Lipinski definition) is 9. The lowest BCUT2D eigenvalue weighted by atomic mass is 9.40. The van der Waals surface area contributed by atoms with Gasteiger partial charge in [0.2, 0.25) is 0 Å². The average molecular weight is 484 g/mol. The summed E-state index contributed by atoms with van der Waals surface area (Å²) in [5.41, 5.74) is -5.83. The van der Waals surface area contributed by atoms with Crippen molar-refractivity contribution in [3.8, 4) is 0 Å². The zero-order chi connectivity index (χ0) is 25.9. The molecule has 34 heavy (non-hydrogen) atoms. The van der Waals surface area contributed by atoms with Gasteiger partial charge in [0.15, 0.2) is 17.5 Å². The maximum Gasteiger partial charge on any atom is 0.441 e. The zero-order valence-corrected chi connectivity index (χ0v) is 20.7. The Kier molecular flexibility index (Phi) is 6.48. The minimum absolute atomic E-state index is 0.00556. The fraction of sp³-hybridized carbons (Fsp3) is 0.792. The molecule has 8 atom stereocenters. The van der Waals surface area contributed by atoms with Crippen molar-refractivity contribution in [1.29, 1.82) is 0 Å². The minimum Gasteiger partial charge on any atom is -0.438 e. The van der Waals surface area contributed by atoms with E-state index in [4.69, 9.17) is 9.47 Å². The monoisotopic (exact) mass is 483 g/mol. The summed E-state index contributed by atoms with van der Waals surface area (Å²) < 4.78 is 11.8. The van der Waals surface area contributed by atoms with Crippen molar-refractivity contribution in [1.82, 2.24) is 5.48 Å². The molecule has 1 saturated heterocycles. The van der Waals surface area contributed by atoms with Gasteiger partial charge in [-0.3, -0.25) is 4.79 Å². The first kappa shape index (κ1) is 26.6. The van der Waals surface area contributed by atoms with Crippen molar-refractivity contribution in [3.05, 3.63) is 12.7 Å². The highest BCUT2D eigenvalue weighted by Crippen LogP contribution is 2.67. The van der Waals surface area contributed by atoms with Crippen molar-refractivity contribution in [3.63, 3.8) is 0 Å². The number of nitrogens with one attached hydrogen (secondary N) is 1. The largest absolute Gasteiger partial charge is 0.441 e. The van der Waals surface area contributed by atoms with Crippen LogP contribution in [-0.4, -0.2) is 68.3 Å². The summed E-state index contributed by atoms with van der Waals surface area (Å²) >= 11 is 0. The fourth-order valence-corrected chi connectivity index (χ4v) is 6.79. The molecular formula is C24H37NO9. The van der Waals surface area contributed by atoms with Gasteiger partial charge in [0.1, 0.15) is 5.60 Å². The summed E-state index contributed by atoms with van der Waals surface area (Å²) in [6.07, 6.45) is -3.32. The molecule has 2 aliphatic carbocycles. The predicted molar refractivity (Wildman–Crippen MR) is 119 cm³/mol. The maximum absolute atomic E-state index is 13.7. The van der Waals surface area contributed by atoms with E-state index in [-0.39, 0.29) is 12.8 Å². The second-order valence-electron chi connectivity index (χ2n) is 11.1. The zero-order valence-electron chi connectivity index (χ0n) is 20.7. The molecule has 1 heterocycles. The third-order valence-electron chi connectivity index (χ3n) is 8.50. The normalized spacial score (nSPS) is 45.4. The first-order valence-electron chi connectivity index (χ1n) is 11.7. The van der Waals surface area contributed by atoms with Crippen LogP contribution in [0.15, 0.2) is 12.7 Å². The average Bonchev–Trinajstić information content (AvgIpc) is 2.75. The Morgan fingerprint density at radius 2 is 1.85 bits per heavy atom. The van der Waals surface area contributed by atoms with Crippen molar-refractivity contribution in [2.75, 3.05) is 0 Å². The van der Waals surface area contributed by atoms with Crippen LogP contribution in [-0.2, 0) is 23.9 Å². The van der Waals surface area contributed by atoms with Crippen LogP contribution >= 0.6 is 0 Å². The van der Waals surface area contributed by atoms with Crippen LogP contribution in [0.5, 0.6) is 0 Å². The summed E-state index contributed by atoms with van der Waals surface area (Å²) in [7, 11) is 0. The molecule has 3 aliphatic rings. The standard InChI is InChI=1S/C24H37NO9/c1-8-15(28)33-25-19(30)32-18-16(29)17-20(3,4)11-10-13(26)22(17,6)24(31)14(27)12-21(5,9-2)34-23(18,24)7/h9,13,16-18,26,29,31H,2,8,10-12H2,1,3-7H3,(H,25,30)/t13-,16-,17?,18-,21-,22-,23+,24-/m0/s1. The van der Waals surface area contributed by atoms with Crippen molar-refractivity contribution in [2.24, 2.45) is 16.7 Å². The molecule has 0 aromatic carbocycles. The Morgan fingerprint density at radius 1 is 1.24 bits per heavy atom. The molecule has 2 saturated carbocycles. The van der Waals surface area contributed by atoms with Crippen LogP contribution in [0.2, 0.25) is 0 Å². The van der Waals surface area contributed by atoms with Crippen LogP contribution in [0.25, 0.3) is 0 Å². The van der Waals surface area contributed by atoms with Gasteiger partial charge < -0.3 is 29.6 Å².